The highest BCUT2D eigenvalue weighted by Crippen LogP contribution is 2.75. The Bertz CT molecular complexity index is 1130. The molecule has 5 aliphatic carbocycles. The predicted molar refractivity (Wildman–Crippen MR) is 138 cm³/mol. The molecular formula is C31H43NO4. The average Bonchev–Trinajstić information content (AvgIpc) is 2.78. The van der Waals surface area contributed by atoms with Crippen molar-refractivity contribution >= 4 is 17.5 Å². The number of allylic oxidation sites excluding steroid dienone is 2. The Morgan fingerprint density at radius 2 is 1.61 bits per heavy atom. The molecule has 5 nitrogen and oxygen atoms in total. The molecule has 5 aliphatic rings. The van der Waals surface area contributed by atoms with E-state index < -0.39 is 28.3 Å². The summed E-state index contributed by atoms with van der Waals surface area (Å²) in [5.74, 6) is -0.590. The molecule has 5 heteroatoms. The van der Waals surface area contributed by atoms with Crippen LogP contribution in [0.3, 0.4) is 0 Å². The summed E-state index contributed by atoms with van der Waals surface area (Å²) in [6.45, 7) is 22.8. The van der Waals surface area contributed by atoms with Gasteiger partial charge < -0.3 is 9.95 Å². The van der Waals surface area contributed by atoms with E-state index in [0.717, 1.165) is 32.1 Å². The number of carbonyl (C=O) groups excluding carboxylic acids is 2. The van der Waals surface area contributed by atoms with E-state index in [1.54, 1.807) is 0 Å². The number of aliphatic carboxylic acids is 1. The van der Waals surface area contributed by atoms with Gasteiger partial charge >= 0.3 is 5.97 Å². The van der Waals surface area contributed by atoms with Crippen molar-refractivity contribution in [2.45, 2.75) is 106 Å². The molecule has 36 heavy (non-hydrogen) atoms. The van der Waals surface area contributed by atoms with Crippen molar-refractivity contribution in [1.82, 2.24) is 0 Å². The number of carboxylic acids is 1. The summed E-state index contributed by atoms with van der Waals surface area (Å²) in [5, 5.41) is 10.1. The average molecular weight is 494 g/mol. The minimum Gasteiger partial charge on any atom is -0.481 e. The quantitative estimate of drug-likeness (QED) is 0.422. The van der Waals surface area contributed by atoms with Gasteiger partial charge in [-0.05, 0) is 91.4 Å². The van der Waals surface area contributed by atoms with Gasteiger partial charge in [-0.15, -0.1) is 0 Å². The van der Waals surface area contributed by atoms with Gasteiger partial charge in [0, 0.05) is 17.8 Å². The van der Waals surface area contributed by atoms with Gasteiger partial charge in [0.2, 0.25) is 5.78 Å². The predicted octanol–water partition coefficient (Wildman–Crippen LogP) is 6.52. The van der Waals surface area contributed by atoms with E-state index in [4.69, 9.17) is 6.57 Å². The first-order valence-corrected chi connectivity index (χ1v) is 13.9. The Morgan fingerprint density at radius 1 is 0.972 bits per heavy atom. The molecule has 0 spiro atoms. The molecule has 0 aromatic carbocycles. The third kappa shape index (κ3) is 2.91. The van der Waals surface area contributed by atoms with Crippen LogP contribution in [0, 0.1) is 56.8 Å². The molecule has 1 unspecified atom stereocenters. The largest absolute Gasteiger partial charge is 0.481 e. The highest BCUT2D eigenvalue weighted by Gasteiger charge is 2.72. The normalized spacial score (nSPS) is 51.6. The lowest BCUT2D eigenvalue weighted by Crippen LogP contribution is -2.67. The fraction of sp³-hybridized carbons (Fsp3) is 0.806. The number of hydrogen-bond acceptors (Lipinski definition) is 3. The lowest BCUT2D eigenvalue weighted by Gasteiger charge is -2.69. The fourth-order valence-corrected chi connectivity index (χ4v) is 10.4. The first kappa shape index (κ1) is 25.7. The number of ketones is 2. The number of Topliss-reactive ketones (excluding diaryl/α,β-unsaturated/α-hetero) is 1. The van der Waals surface area contributed by atoms with Crippen LogP contribution in [0.2, 0.25) is 0 Å². The Kier molecular flexibility index (Phi) is 5.23. The summed E-state index contributed by atoms with van der Waals surface area (Å²) in [7, 11) is 0. The van der Waals surface area contributed by atoms with E-state index in [1.165, 1.54) is 5.57 Å². The molecule has 4 saturated carbocycles. The van der Waals surface area contributed by atoms with Crippen LogP contribution in [0.4, 0.5) is 0 Å². The topological polar surface area (TPSA) is 75.8 Å². The second-order valence-electron chi connectivity index (χ2n) is 15.0. The highest BCUT2D eigenvalue weighted by molar-refractivity contribution is 5.97. The summed E-state index contributed by atoms with van der Waals surface area (Å²) < 4.78 is 0. The summed E-state index contributed by atoms with van der Waals surface area (Å²) in [4.78, 5) is 43.6. The van der Waals surface area contributed by atoms with Crippen molar-refractivity contribution in [1.29, 1.82) is 0 Å². The van der Waals surface area contributed by atoms with Gasteiger partial charge in [0.05, 0.1) is 5.41 Å². The number of nitrogens with zero attached hydrogens (tertiary/aromatic N) is 1. The minimum atomic E-state index is -0.760. The number of carboxylic acid groups (broad SMARTS) is 1. The smallest absolute Gasteiger partial charge is 0.309 e. The molecule has 9 atom stereocenters. The first-order valence-electron chi connectivity index (χ1n) is 13.9. The molecule has 196 valence electrons. The van der Waals surface area contributed by atoms with Crippen LogP contribution in [0.1, 0.15) is 99.8 Å². The van der Waals surface area contributed by atoms with E-state index in [2.05, 4.69) is 32.5 Å². The van der Waals surface area contributed by atoms with Gasteiger partial charge in [-0.25, -0.2) is 6.57 Å². The van der Waals surface area contributed by atoms with Crippen LogP contribution in [0.5, 0.6) is 0 Å². The van der Waals surface area contributed by atoms with Crippen LogP contribution in [-0.4, -0.2) is 28.7 Å². The lowest BCUT2D eigenvalue weighted by atomic mass is 9.33. The van der Waals surface area contributed by atoms with E-state index in [1.807, 2.05) is 26.8 Å². The third-order valence-corrected chi connectivity index (χ3v) is 13.0. The van der Waals surface area contributed by atoms with Crippen molar-refractivity contribution in [3.8, 4) is 0 Å². The second kappa shape index (κ2) is 7.33. The van der Waals surface area contributed by atoms with Crippen molar-refractivity contribution in [2.75, 3.05) is 0 Å². The van der Waals surface area contributed by atoms with Gasteiger partial charge in [0.1, 0.15) is 0 Å². The van der Waals surface area contributed by atoms with Crippen LogP contribution in [0.15, 0.2) is 11.6 Å². The van der Waals surface area contributed by atoms with Gasteiger partial charge in [0.15, 0.2) is 5.78 Å². The van der Waals surface area contributed by atoms with E-state index in [9.17, 15) is 19.5 Å². The van der Waals surface area contributed by atoms with Crippen molar-refractivity contribution < 1.29 is 19.5 Å². The summed E-state index contributed by atoms with van der Waals surface area (Å²) in [6.07, 6.45) is 8.39. The van der Waals surface area contributed by atoms with E-state index in [0.29, 0.717) is 19.3 Å². The molecule has 0 radical (unpaired) electrons. The second-order valence-corrected chi connectivity index (χ2v) is 15.0. The molecule has 4 fully saturated rings. The van der Waals surface area contributed by atoms with Crippen molar-refractivity contribution in [2.24, 2.45) is 50.2 Å². The molecule has 0 aromatic rings. The summed E-state index contributed by atoms with van der Waals surface area (Å²) in [6, 6.07) is -0.682. The zero-order valence-corrected chi connectivity index (χ0v) is 23.2. The molecule has 5 rings (SSSR count). The molecule has 0 amide bonds. The minimum absolute atomic E-state index is 0.0271. The number of carbonyl (C=O) groups is 3. The standard InChI is InChI=1S/C31H43NO4/c1-26(2)22-9-10-31(7)23(29(22,5)17-20(32-8)24(26)34)21(33)15-18-19-16-28(4,25(35)36)12-11-27(19,3)13-14-30(18,31)6/h15,19-20,22-23H,9-14,16-17H2,1-7H3,(H,35,36)/t19-,20?,22+,23-,27-,28+,29+,30-,31-/m1/s1. The third-order valence-electron chi connectivity index (χ3n) is 13.0. The maximum Gasteiger partial charge on any atom is 0.309 e. The lowest BCUT2D eigenvalue weighted by molar-refractivity contribution is -0.188. The van der Waals surface area contributed by atoms with Crippen LogP contribution in [-0.2, 0) is 14.4 Å². The molecule has 0 heterocycles. The Balaban J connectivity index is 1.65. The summed E-state index contributed by atoms with van der Waals surface area (Å²) >= 11 is 0. The van der Waals surface area contributed by atoms with E-state index in [-0.39, 0.29) is 45.6 Å². The van der Waals surface area contributed by atoms with Crippen molar-refractivity contribution in [3.05, 3.63) is 23.1 Å². The first-order chi connectivity index (χ1) is 16.5. The van der Waals surface area contributed by atoms with Crippen LogP contribution >= 0.6 is 0 Å². The zero-order chi connectivity index (χ0) is 26.7. The number of rotatable bonds is 1. The molecule has 0 saturated heterocycles. The Hall–Kier alpha value is -1.96. The van der Waals surface area contributed by atoms with Crippen molar-refractivity contribution in [3.63, 3.8) is 0 Å². The zero-order valence-electron chi connectivity index (χ0n) is 23.2. The van der Waals surface area contributed by atoms with Crippen LogP contribution in [0.25, 0.3) is 4.85 Å². The Morgan fingerprint density at radius 3 is 2.22 bits per heavy atom. The molecule has 0 aliphatic heterocycles. The van der Waals surface area contributed by atoms with Gasteiger partial charge in [-0.1, -0.05) is 47.1 Å². The molecule has 1 N–H and O–H groups in total. The van der Waals surface area contributed by atoms with Crippen LogP contribution < -0.4 is 0 Å². The maximum atomic E-state index is 14.3. The van der Waals surface area contributed by atoms with Gasteiger partial charge in [-0.2, -0.15) is 0 Å². The maximum absolute atomic E-state index is 14.3. The number of hydrogen-bond donors (Lipinski definition) is 1. The molecule has 0 bridgehead atoms. The monoisotopic (exact) mass is 493 g/mol. The van der Waals surface area contributed by atoms with E-state index >= 15 is 0 Å². The van der Waals surface area contributed by atoms with Gasteiger partial charge in [0.25, 0.3) is 6.04 Å². The molecular weight excluding hydrogens is 450 g/mol. The number of fused-ring (bicyclic) bond motifs is 7. The summed E-state index contributed by atoms with van der Waals surface area (Å²) in [5.41, 5.74) is -1.04. The SMILES string of the molecule is [C-]#[N+]C1C[C@]2(C)[C@H]3C(=O)C=C4[C@H]5C[C@@](C)(C(=O)O)CC[C@]5(C)CC[C@@]4(C)[C@]3(C)CC[C@H]2C(C)(C)C1=O. The molecule has 0 aromatic heterocycles. The highest BCUT2D eigenvalue weighted by atomic mass is 16.4. The fourth-order valence-electron chi connectivity index (χ4n) is 10.4. The Labute approximate surface area is 216 Å². The van der Waals surface area contributed by atoms with Gasteiger partial charge in [-0.3, -0.25) is 14.4 Å².